The summed E-state index contributed by atoms with van der Waals surface area (Å²) in [5, 5.41) is 11.6. The van der Waals surface area contributed by atoms with Crippen LogP contribution in [0.5, 0.6) is 0 Å². The number of carbonyl (C=O) groups is 1. The van der Waals surface area contributed by atoms with Crippen LogP contribution in [0.3, 0.4) is 0 Å². The van der Waals surface area contributed by atoms with Crippen LogP contribution in [-0.2, 0) is 17.8 Å². The van der Waals surface area contributed by atoms with Crippen molar-refractivity contribution < 1.29 is 9.90 Å². The molecule has 0 bridgehead atoms. The Kier molecular flexibility index (Phi) is 3.92. The number of fused-ring (bicyclic) bond motifs is 1. The summed E-state index contributed by atoms with van der Waals surface area (Å²) in [6, 6.07) is 9.32. The Balaban J connectivity index is 1.92. The number of hydrogen-bond donors (Lipinski definition) is 1. The quantitative estimate of drug-likeness (QED) is 0.916. The van der Waals surface area contributed by atoms with E-state index in [-0.39, 0.29) is 0 Å². The van der Waals surface area contributed by atoms with Crippen molar-refractivity contribution >= 4 is 33.2 Å². The molecule has 0 amide bonds. The first-order valence-corrected chi connectivity index (χ1v) is 8.10. The third-order valence-corrected chi connectivity index (χ3v) is 5.57. The SMILES string of the molecule is O=C(O)C1c2ccccc2CCN1Cc1sccc1Br. The predicted molar refractivity (Wildman–Crippen MR) is 83.0 cm³/mol. The van der Waals surface area contributed by atoms with Gasteiger partial charge in [0, 0.05) is 22.4 Å². The number of aliphatic carboxylic acids is 1. The molecule has 1 unspecified atom stereocenters. The average Bonchev–Trinajstić information content (AvgIpc) is 2.83. The molecule has 3 rings (SSSR count). The minimum atomic E-state index is -0.773. The highest BCUT2D eigenvalue weighted by atomic mass is 79.9. The third kappa shape index (κ3) is 2.53. The van der Waals surface area contributed by atoms with Gasteiger partial charge in [0.2, 0.25) is 0 Å². The summed E-state index contributed by atoms with van der Waals surface area (Å²) in [7, 11) is 0. The number of thiophene rings is 1. The Labute approximate surface area is 130 Å². The Morgan fingerprint density at radius 2 is 2.20 bits per heavy atom. The van der Waals surface area contributed by atoms with Gasteiger partial charge < -0.3 is 5.11 Å². The minimum absolute atomic E-state index is 0.547. The van der Waals surface area contributed by atoms with E-state index in [2.05, 4.69) is 15.9 Å². The van der Waals surface area contributed by atoms with Gasteiger partial charge in [0.25, 0.3) is 0 Å². The first kappa shape index (κ1) is 13.8. The van der Waals surface area contributed by atoms with Gasteiger partial charge in [-0.2, -0.15) is 0 Å². The molecule has 5 heteroatoms. The summed E-state index contributed by atoms with van der Waals surface area (Å²) in [6.45, 7) is 1.45. The zero-order valence-corrected chi connectivity index (χ0v) is 13.2. The van der Waals surface area contributed by atoms with E-state index in [1.165, 1.54) is 4.88 Å². The molecule has 0 spiro atoms. The van der Waals surface area contributed by atoms with Gasteiger partial charge in [-0.15, -0.1) is 11.3 Å². The highest BCUT2D eigenvalue weighted by Gasteiger charge is 2.32. The maximum absolute atomic E-state index is 11.7. The van der Waals surface area contributed by atoms with E-state index < -0.39 is 12.0 Å². The average molecular weight is 352 g/mol. The van der Waals surface area contributed by atoms with Gasteiger partial charge in [0.05, 0.1) is 0 Å². The van der Waals surface area contributed by atoms with Crippen molar-refractivity contribution in [2.24, 2.45) is 0 Å². The lowest BCUT2D eigenvalue weighted by Gasteiger charge is -2.34. The van der Waals surface area contributed by atoms with Gasteiger partial charge in [-0.1, -0.05) is 24.3 Å². The zero-order valence-electron chi connectivity index (χ0n) is 10.8. The van der Waals surface area contributed by atoms with Crippen LogP contribution < -0.4 is 0 Å². The smallest absolute Gasteiger partial charge is 0.325 e. The molecule has 20 heavy (non-hydrogen) atoms. The molecule has 1 aromatic heterocycles. The monoisotopic (exact) mass is 351 g/mol. The fraction of sp³-hybridized carbons (Fsp3) is 0.267. The number of rotatable bonds is 3. The van der Waals surface area contributed by atoms with E-state index >= 15 is 0 Å². The van der Waals surface area contributed by atoms with Crippen LogP contribution in [-0.4, -0.2) is 22.5 Å². The van der Waals surface area contributed by atoms with E-state index in [1.54, 1.807) is 11.3 Å². The maximum atomic E-state index is 11.7. The Hall–Kier alpha value is -1.17. The molecule has 2 heterocycles. The zero-order chi connectivity index (χ0) is 14.1. The summed E-state index contributed by atoms with van der Waals surface area (Å²) < 4.78 is 1.06. The van der Waals surface area contributed by atoms with Gasteiger partial charge in [0.15, 0.2) is 0 Å². The van der Waals surface area contributed by atoms with E-state index in [0.29, 0.717) is 6.54 Å². The predicted octanol–water partition coefficient (Wildman–Crippen LogP) is 3.69. The van der Waals surface area contributed by atoms with Crippen molar-refractivity contribution in [3.63, 3.8) is 0 Å². The number of carboxylic acid groups (broad SMARTS) is 1. The number of nitrogens with zero attached hydrogens (tertiary/aromatic N) is 1. The van der Waals surface area contributed by atoms with Gasteiger partial charge in [-0.05, 0) is 44.9 Å². The summed E-state index contributed by atoms with van der Waals surface area (Å²) in [5.74, 6) is -0.773. The van der Waals surface area contributed by atoms with Crippen molar-refractivity contribution in [1.82, 2.24) is 4.90 Å². The molecule has 0 saturated carbocycles. The number of halogens is 1. The maximum Gasteiger partial charge on any atom is 0.325 e. The molecular formula is C15H14BrNO2S. The van der Waals surface area contributed by atoms with Crippen molar-refractivity contribution in [2.75, 3.05) is 6.54 Å². The molecule has 104 valence electrons. The van der Waals surface area contributed by atoms with Crippen molar-refractivity contribution in [3.8, 4) is 0 Å². The summed E-state index contributed by atoms with van der Waals surface area (Å²) in [5.41, 5.74) is 2.08. The highest BCUT2D eigenvalue weighted by molar-refractivity contribution is 9.10. The van der Waals surface area contributed by atoms with E-state index in [1.807, 2.05) is 40.6 Å². The molecule has 1 atom stereocenters. The van der Waals surface area contributed by atoms with Gasteiger partial charge in [-0.25, -0.2) is 0 Å². The molecule has 0 saturated heterocycles. The molecular weight excluding hydrogens is 338 g/mol. The van der Waals surface area contributed by atoms with Crippen LogP contribution in [0.25, 0.3) is 0 Å². The van der Waals surface area contributed by atoms with E-state index in [4.69, 9.17) is 0 Å². The molecule has 3 nitrogen and oxygen atoms in total. The molecule has 2 aromatic rings. The summed E-state index contributed by atoms with van der Waals surface area (Å²) in [6.07, 6.45) is 0.906. The number of hydrogen-bond acceptors (Lipinski definition) is 3. The summed E-state index contributed by atoms with van der Waals surface area (Å²) >= 11 is 5.17. The van der Waals surface area contributed by atoms with Crippen LogP contribution in [0.15, 0.2) is 40.2 Å². The van der Waals surface area contributed by atoms with Crippen molar-refractivity contribution in [1.29, 1.82) is 0 Å². The lowest BCUT2D eigenvalue weighted by atomic mass is 9.92. The van der Waals surface area contributed by atoms with Crippen LogP contribution in [0.1, 0.15) is 22.0 Å². The molecule has 1 N–H and O–H groups in total. The first-order chi connectivity index (χ1) is 9.66. The van der Waals surface area contributed by atoms with Crippen molar-refractivity contribution in [2.45, 2.75) is 19.0 Å². The third-order valence-electron chi connectivity index (χ3n) is 3.65. The second-order valence-corrected chi connectivity index (χ2v) is 6.71. The molecule has 0 fully saturated rings. The summed E-state index contributed by atoms with van der Waals surface area (Å²) in [4.78, 5) is 14.9. The second kappa shape index (κ2) is 5.68. The Morgan fingerprint density at radius 3 is 2.90 bits per heavy atom. The van der Waals surface area contributed by atoms with Crippen LogP contribution in [0.2, 0.25) is 0 Å². The van der Waals surface area contributed by atoms with Gasteiger partial charge in [-0.3, -0.25) is 9.69 Å². The lowest BCUT2D eigenvalue weighted by molar-refractivity contribution is -0.144. The minimum Gasteiger partial charge on any atom is -0.480 e. The molecule has 0 radical (unpaired) electrons. The van der Waals surface area contributed by atoms with Gasteiger partial charge >= 0.3 is 5.97 Å². The number of benzene rings is 1. The molecule has 1 aliphatic heterocycles. The standard InChI is InChI=1S/C15H14BrNO2S/c16-12-6-8-20-13(12)9-17-7-5-10-3-1-2-4-11(10)14(17)15(18)19/h1-4,6,8,14H,5,7,9H2,(H,18,19). The molecule has 1 aliphatic rings. The molecule has 0 aliphatic carbocycles. The van der Waals surface area contributed by atoms with Crippen LogP contribution in [0, 0.1) is 0 Å². The van der Waals surface area contributed by atoms with Gasteiger partial charge in [0.1, 0.15) is 6.04 Å². The second-order valence-electron chi connectivity index (χ2n) is 4.85. The fourth-order valence-corrected chi connectivity index (χ4v) is 4.20. The normalized spacial score (nSPS) is 18.8. The van der Waals surface area contributed by atoms with Crippen LogP contribution >= 0.6 is 27.3 Å². The van der Waals surface area contributed by atoms with Crippen molar-refractivity contribution in [3.05, 3.63) is 56.2 Å². The fourth-order valence-electron chi connectivity index (χ4n) is 2.70. The van der Waals surface area contributed by atoms with Crippen LogP contribution in [0.4, 0.5) is 0 Å². The highest BCUT2D eigenvalue weighted by Crippen LogP contribution is 2.33. The van der Waals surface area contributed by atoms with E-state index in [9.17, 15) is 9.90 Å². The topological polar surface area (TPSA) is 40.5 Å². The largest absolute Gasteiger partial charge is 0.480 e. The lowest BCUT2D eigenvalue weighted by Crippen LogP contribution is -2.39. The number of carboxylic acids is 1. The van der Waals surface area contributed by atoms with E-state index in [0.717, 1.165) is 28.6 Å². The Bertz CT molecular complexity index is 640. The Morgan fingerprint density at radius 1 is 1.40 bits per heavy atom. The first-order valence-electron chi connectivity index (χ1n) is 6.43. The molecule has 1 aromatic carbocycles.